The molecule has 0 saturated carbocycles. The van der Waals surface area contributed by atoms with Gasteiger partial charge in [-0.25, -0.2) is 8.42 Å². The fourth-order valence-electron chi connectivity index (χ4n) is 4.14. The summed E-state index contributed by atoms with van der Waals surface area (Å²) in [6.07, 6.45) is 0.330. The van der Waals surface area contributed by atoms with Gasteiger partial charge in [0.05, 0.1) is 17.7 Å². The minimum absolute atomic E-state index is 0.0323. The molecule has 3 rings (SSSR count). The Hall–Kier alpha value is -3.56. The van der Waals surface area contributed by atoms with Crippen LogP contribution in [-0.4, -0.2) is 51.9 Å². The van der Waals surface area contributed by atoms with Crippen LogP contribution < -0.4 is 14.4 Å². The highest BCUT2D eigenvalue weighted by Gasteiger charge is 2.34. The number of benzene rings is 3. The van der Waals surface area contributed by atoms with Crippen LogP contribution in [0.25, 0.3) is 0 Å². The number of carbonyl (C=O) groups excluding carboxylic acids is 2. The zero-order valence-corrected chi connectivity index (χ0v) is 23.4. The summed E-state index contributed by atoms with van der Waals surface area (Å²) >= 11 is 6.24. The van der Waals surface area contributed by atoms with Gasteiger partial charge in [0.15, 0.2) is 0 Å². The maximum Gasteiger partial charge on any atom is 0.264 e. The van der Waals surface area contributed by atoms with Crippen LogP contribution in [0.15, 0.2) is 77.7 Å². The van der Waals surface area contributed by atoms with Gasteiger partial charge in [-0.1, -0.05) is 54.9 Å². The van der Waals surface area contributed by atoms with Crippen molar-refractivity contribution in [2.24, 2.45) is 0 Å². The van der Waals surface area contributed by atoms with Gasteiger partial charge in [0, 0.05) is 18.6 Å². The molecule has 8 nitrogen and oxygen atoms in total. The first-order valence-electron chi connectivity index (χ1n) is 12.1. The summed E-state index contributed by atoms with van der Waals surface area (Å²) in [5.74, 6) is -0.284. The molecule has 0 heterocycles. The van der Waals surface area contributed by atoms with Crippen molar-refractivity contribution in [2.45, 2.75) is 37.8 Å². The molecule has 1 atom stereocenters. The summed E-state index contributed by atoms with van der Waals surface area (Å²) in [6.45, 7) is 3.09. The molecule has 0 unspecified atom stereocenters. The van der Waals surface area contributed by atoms with Crippen molar-refractivity contribution in [1.29, 1.82) is 0 Å². The molecule has 0 aliphatic carbocycles. The Morgan fingerprint density at radius 2 is 1.74 bits per heavy atom. The molecule has 3 aromatic rings. The summed E-state index contributed by atoms with van der Waals surface area (Å²) in [7, 11) is -1.11. The molecular formula is C28H32ClN3O5S. The van der Waals surface area contributed by atoms with E-state index in [1.807, 2.05) is 6.07 Å². The minimum Gasteiger partial charge on any atom is -0.497 e. The average molecular weight is 558 g/mol. The number of methoxy groups -OCH3 is 1. The topological polar surface area (TPSA) is 96.0 Å². The number of likely N-dealkylation sites (N-methyl/N-ethyl adjacent to an activating group) is 1. The number of halogens is 1. The molecular weight excluding hydrogens is 526 g/mol. The Balaban J connectivity index is 2.09. The van der Waals surface area contributed by atoms with Crippen LogP contribution >= 0.6 is 11.6 Å². The van der Waals surface area contributed by atoms with Gasteiger partial charge in [-0.15, -0.1) is 0 Å². The van der Waals surface area contributed by atoms with Gasteiger partial charge in [0.25, 0.3) is 10.0 Å². The molecule has 202 valence electrons. The Labute approximate surface area is 229 Å². The van der Waals surface area contributed by atoms with E-state index in [1.54, 1.807) is 69.5 Å². The van der Waals surface area contributed by atoms with Crippen molar-refractivity contribution in [1.82, 2.24) is 10.2 Å². The van der Waals surface area contributed by atoms with Crippen molar-refractivity contribution >= 4 is 39.1 Å². The predicted molar refractivity (Wildman–Crippen MR) is 149 cm³/mol. The number of carbonyl (C=O) groups is 2. The monoisotopic (exact) mass is 557 g/mol. The van der Waals surface area contributed by atoms with E-state index in [2.05, 4.69) is 5.32 Å². The second kappa shape index (κ2) is 12.8. The van der Waals surface area contributed by atoms with E-state index < -0.39 is 28.5 Å². The molecule has 0 aliphatic rings. The second-order valence-electron chi connectivity index (χ2n) is 8.67. The van der Waals surface area contributed by atoms with Gasteiger partial charge in [0.1, 0.15) is 18.3 Å². The first-order chi connectivity index (χ1) is 18.1. The normalized spacial score (nSPS) is 11.9. The Bertz CT molecular complexity index is 1380. The number of sulfonamides is 1. The van der Waals surface area contributed by atoms with E-state index in [-0.39, 0.29) is 23.0 Å². The molecule has 38 heavy (non-hydrogen) atoms. The number of hydrogen-bond acceptors (Lipinski definition) is 5. The van der Waals surface area contributed by atoms with Gasteiger partial charge in [-0.2, -0.15) is 0 Å². The van der Waals surface area contributed by atoms with Crippen LogP contribution in [-0.2, 0) is 26.2 Å². The summed E-state index contributed by atoms with van der Waals surface area (Å²) in [5.41, 5.74) is 1.64. The number of rotatable bonds is 11. The highest BCUT2D eigenvalue weighted by Crippen LogP contribution is 2.30. The molecule has 0 bridgehead atoms. The molecule has 0 aromatic heterocycles. The lowest BCUT2D eigenvalue weighted by Crippen LogP contribution is -2.51. The maximum absolute atomic E-state index is 14.0. The summed E-state index contributed by atoms with van der Waals surface area (Å²) in [5, 5.41) is 2.94. The molecule has 0 spiro atoms. The van der Waals surface area contributed by atoms with E-state index in [9.17, 15) is 18.0 Å². The lowest BCUT2D eigenvalue weighted by Gasteiger charge is -2.33. The van der Waals surface area contributed by atoms with Crippen molar-refractivity contribution in [2.75, 3.05) is 25.0 Å². The molecule has 1 N–H and O–H groups in total. The van der Waals surface area contributed by atoms with Crippen molar-refractivity contribution in [3.8, 4) is 5.75 Å². The van der Waals surface area contributed by atoms with Crippen LogP contribution in [0.3, 0.4) is 0 Å². The van der Waals surface area contributed by atoms with Gasteiger partial charge in [-0.05, 0) is 60.9 Å². The van der Waals surface area contributed by atoms with Crippen molar-refractivity contribution < 1.29 is 22.7 Å². The number of hydrogen-bond donors (Lipinski definition) is 1. The highest BCUT2D eigenvalue weighted by molar-refractivity contribution is 7.92. The van der Waals surface area contributed by atoms with Gasteiger partial charge < -0.3 is 15.0 Å². The molecule has 2 amide bonds. The molecule has 0 saturated heterocycles. The average Bonchev–Trinajstić information content (AvgIpc) is 2.93. The van der Waals surface area contributed by atoms with Gasteiger partial charge >= 0.3 is 0 Å². The zero-order valence-electron chi connectivity index (χ0n) is 21.8. The summed E-state index contributed by atoms with van der Waals surface area (Å²) in [4.78, 5) is 28.2. The Morgan fingerprint density at radius 1 is 1.03 bits per heavy atom. The van der Waals surface area contributed by atoms with Crippen LogP contribution in [0.5, 0.6) is 5.75 Å². The van der Waals surface area contributed by atoms with E-state index in [4.69, 9.17) is 16.3 Å². The van der Waals surface area contributed by atoms with Gasteiger partial charge in [0.2, 0.25) is 11.8 Å². The lowest BCUT2D eigenvalue weighted by molar-refractivity contribution is -0.140. The zero-order chi connectivity index (χ0) is 27.9. The quantitative estimate of drug-likeness (QED) is 0.377. The van der Waals surface area contributed by atoms with E-state index in [0.717, 1.165) is 9.87 Å². The number of anilines is 1. The van der Waals surface area contributed by atoms with Crippen LogP contribution in [0, 0.1) is 6.92 Å². The predicted octanol–water partition coefficient (Wildman–Crippen LogP) is 4.41. The number of nitrogens with zero attached hydrogens (tertiary/aromatic N) is 2. The smallest absolute Gasteiger partial charge is 0.264 e. The number of ether oxygens (including phenoxy) is 1. The third-order valence-electron chi connectivity index (χ3n) is 6.17. The largest absolute Gasteiger partial charge is 0.497 e. The second-order valence-corrected chi connectivity index (χ2v) is 11.0. The van der Waals surface area contributed by atoms with Crippen LogP contribution in [0.1, 0.15) is 24.5 Å². The summed E-state index contributed by atoms with van der Waals surface area (Å²) < 4.78 is 34.1. The first kappa shape index (κ1) is 29.0. The fourth-order valence-corrected chi connectivity index (χ4v) is 5.80. The Morgan fingerprint density at radius 3 is 2.37 bits per heavy atom. The number of nitrogens with one attached hydrogen (secondary N) is 1. The third-order valence-corrected chi connectivity index (χ3v) is 8.18. The molecule has 10 heteroatoms. The van der Waals surface area contributed by atoms with Crippen molar-refractivity contribution in [3.63, 3.8) is 0 Å². The SMILES string of the molecule is CC[C@@H](C(=O)NC)N(Cc1cccc(OC)c1)C(=O)CN(c1cc(Cl)ccc1C)S(=O)(=O)c1ccccc1. The van der Waals surface area contributed by atoms with Crippen molar-refractivity contribution in [3.05, 3.63) is 88.9 Å². The maximum atomic E-state index is 14.0. The molecule has 3 aromatic carbocycles. The first-order valence-corrected chi connectivity index (χ1v) is 13.9. The van der Waals surface area contributed by atoms with E-state index in [1.165, 1.54) is 30.1 Å². The van der Waals surface area contributed by atoms with E-state index >= 15 is 0 Å². The number of amides is 2. The highest BCUT2D eigenvalue weighted by atomic mass is 35.5. The lowest BCUT2D eigenvalue weighted by atomic mass is 10.1. The Kier molecular flexibility index (Phi) is 9.77. The van der Waals surface area contributed by atoms with Crippen LogP contribution in [0.4, 0.5) is 5.69 Å². The fraction of sp³-hybridized carbons (Fsp3) is 0.286. The molecule has 0 fully saturated rings. The molecule has 0 aliphatic heterocycles. The van der Waals surface area contributed by atoms with Crippen LogP contribution in [0.2, 0.25) is 5.02 Å². The summed E-state index contributed by atoms with van der Waals surface area (Å²) in [6, 6.07) is 19.1. The third kappa shape index (κ3) is 6.65. The molecule has 0 radical (unpaired) electrons. The standard InChI is InChI=1S/C28H32ClN3O5S/c1-5-25(28(34)30-3)31(18-21-10-9-11-23(16-21)37-4)27(33)19-32(26-17-22(29)15-14-20(26)2)38(35,36)24-12-7-6-8-13-24/h6-17,25H,5,18-19H2,1-4H3,(H,30,34)/t25-/m0/s1. The van der Waals surface area contributed by atoms with E-state index in [0.29, 0.717) is 22.8 Å². The minimum atomic E-state index is -4.16. The number of aryl methyl sites for hydroxylation is 1. The van der Waals surface area contributed by atoms with Gasteiger partial charge in [-0.3, -0.25) is 13.9 Å².